The zero-order chi connectivity index (χ0) is 25.0. The van der Waals surface area contributed by atoms with Crippen molar-refractivity contribution in [2.75, 3.05) is 39.9 Å². The van der Waals surface area contributed by atoms with Crippen molar-refractivity contribution in [3.63, 3.8) is 0 Å². The van der Waals surface area contributed by atoms with Crippen LogP contribution in [0.2, 0.25) is 0 Å². The van der Waals surface area contributed by atoms with Crippen LogP contribution in [0.4, 0.5) is 0 Å². The standard InChI is InChI=1S/C27H38N2O6/c1-18(30)20-5-3-10-27(16-20,33-2)34-14-4-11-29-12-8-19(9-13-29)24-15-22-21(25(17-28)35-24)6-7-23(31)26(22)32/h3,5-7,10,19,24-25,31-32H,4,8-9,11-17,28H2,1-2H3. The number of carbonyl (C=O) groups excluding carboxylic acids is 1. The quantitative estimate of drug-likeness (QED) is 0.277. The molecule has 8 heteroatoms. The van der Waals surface area contributed by atoms with Gasteiger partial charge in [-0.2, -0.15) is 0 Å². The van der Waals surface area contributed by atoms with Gasteiger partial charge in [0, 0.05) is 44.2 Å². The molecule has 1 aromatic rings. The number of piperidine rings is 1. The minimum absolute atomic E-state index is 0.0163. The SMILES string of the molecule is COC1(OCCCN2CCC(C3Cc4c(ccc(O)c4O)C(CN)O3)CC2)C=CC=C(C(C)=O)C1. The Morgan fingerprint density at radius 3 is 2.74 bits per heavy atom. The van der Waals surface area contributed by atoms with Gasteiger partial charge in [-0.3, -0.25) is 4.79 Å². The second-order valence-corrected chi connectivity index (χ2v) is 9.79. The Bertz CT molecular complexity index is 969. The smallest absolute Gasteiger partial charge is 0.191 e. The van der Waals surface area contributed by atoms with Crippen LogP contribution in [0.15, 0.2) is 35.9 Å². The number of rotatable bonds is 9. The van der Waals surface area contributed by atoms with Crippen LogP contribution in [0, 0.1) is 5.92 Å². The Morgan fingerprint density at radius 2 is 2.06 bits per heavy atom. The third-order valence-electron chi connectivity index (χ3n) is 7.61. The molecule has 3 aliphatic rings. The highest BCUT2D eigenvalue weighted by atomic mass is 16.7. The predicted octanol–water partition coefficient (Wildman–Crippen LogP) is 2.98. The molecule has 0 aromatic heterocycles. The number of nitrogens with zero attached hydrogens (tertiary/aromatic N) is 1. The van der Waals surface area contributed by atoms with Crippen LogP contribution in [-0.4, -0.2) is 72.7 Å². The summed E-state index contributed by atoms with van der Waals surface area (Å²) in [6.45, 7) is 5.34. The molecule has 1 fully saturated rings. The highest BCUT2D eigenvalue weighted by Crippen LogP contribution is 2.42. The van der Waals surface area contributed by atoms with Crippen molar-refractivity contribution >= 4 is 5.78 Å². The van der Waals surface area contributed by atoms with E-state index in [1.54, 1.807) is 20.1 Å². The van der Waals surface area contributed by atoms with Gasteiger partial charge >= 0.3 is 0 Å². The summed E-state index contributed by atoms with van der Waals surface area (Å²) in [7, 11) is 1.61. The Morgan fingerprint density at radius 1 is 1.29 bits per heavy atom. The number of likely N-dealkylation sites (tertiary alicyclic amines) is 1. The number of aromatic hydroxyl groups is 2. The van der Waals surface area contributed by atoms with E-state index in [-0.39, 0.29) is 29.5 Å². The highest BCUT2D eigenvalue weighted by molar-refractivity contribution is 5.94. The minimum atomic E-state index is -0.864. The Hall–Kier alpha value is -2.23. The van der Waals surface area contributed by atoms with Gasteiger partial charge in [-0.25, -0.2) is 0 Å². The average Bonchev–Trinajstić information content (AvgIpc) is 2.88. The van der Waals surface area contributed by atoms with Crippen LogP contribution in [0.25, 0.3) is 0 Å². The number of methoxy groups -OCH3 is 1. The lowest BCUT2D eigenvalue weighted by Crippen LogP contribution is -2.42. The maximum Gasteiger partial charge on any atom is 0.191 e. The topological polar surface area (TPSA) is 114 Å². The lowest BCUT2D eigenvalue weighted by molar-refractivity contribution is -0.189. The molecular formula is C27H38N2O6. The highest BCUT2D eigenvalue weighted by Gasteiger charge is 2.36. The molecule has 192 valence electrons. The number of nitrogens with two attached hydrogens (primary N) is 1. The van der Waals surface area contributed by atoms with Gasteiger partial charge in [0.05, 0.1) is 18.8 Å². The number of carbonyl (C=O) groups is 1. The molecule has 0 spiro atoms. The van der Waals surface area contributed by atoms with Gasteiger partial charge in [0.1, 0.15) is 0 Å². The summed E-state index contributed by atoms with van der Waals surface area (Å²) >= 11 is 0. The molecule has 4 rings (SSSR count). The van der Waals surface area contributed by atoms with E-state index in [4.69, 9.17) is 19.9 Å². The third kappa shape index (κ3) is 5.78. The Labute approximate surface area is 207 Å². The molecule has 2 heterocycles. The fourth-order valence-corrected chi connectivity index (χ4v) is 5.47. The van der Waals surface area contributed by atoms with E-state index >= 15 is 0 Å². The largest absolute Gasteiger partial charge is 0.504 e. The Kier molecular flexibility index (Phi) is 8.29. The van der Waals surface area contributed by atoms with Crippen LogP contribution in [0.1, 0.15) is 49.8 Å². The normalized spacial score (nSPS) is 27.5. The van der Waals surface area contributed by atoms with Crippen molar-refractivity contribution in [2.24, 2.45) is 11.7 Å². The zero-order valence-electron chi connectivity index (χ0n) is 20.7. The van der Waals surface area contributed by atoms with Crippen molar-refractivity contribution in [1.29, 1.82) is 0 Å². The second kappa shape index (κ2) is 11.2. The first kappa shape index (κ1) is 25.9. The summed E-state index contributed by atoms with van der Waals surface area (Å²) in [5.41, 5.74) is 8.32. The van der Waals surface area contributed by atoms with E-state index in [2.05, 4.69) is 4.90 Å². The summed E-state index contributed by atoms with van der Waals surface area (Å²) in [5, 5.41) is 20.4. The maximum atomic E-state index is 11.7. The molecule has 0 bridgehead atoms. The number of Topliss-reactive ketones (excluding diaryl/α,β-unsaturated/α-hetero) is 1. The third-order valence-corrected chi connectivity index (χ3v) is 7.61. The first-order valence-corrected chi connectivity index (χ1v) is 12.6. The second-order valence-electron chi connectivity index (χ2n) is 9.79. The zero-order valence-corrected chi connectivity index (χ0v) is 20.7. The molecule has 1 saturated heterocycles. The number of benzene rings is 1. The number of fused-ring (bicyclic) bond motifs is 1. The van der Waals surface area contributed by atoms with Crippen molar-refractivity contribution in [2.45, 2.75) is 57.0 Å². The molecule has 8 nitrogen and oxygen atoms in total. The predicted molar refractivity (Wildman–Crippen MR) is 132 cm³/mol. The van der Waals surface area contributed by atoms with Gasteiger partial charge in [0.15, 0.2) is 23.1 Å². The molecule has 2 aliphatic heterocycles. The van der Waals surface area contributed by atoms with Gasteiger partial charge < -0.3 is 35.1 Å². The molecule has 3 atom stereocenters. The molecule has 1 aromatic carbocycles. The molecule has 3 unspecified atom stereocenters. The van der Waals surface area contributed by atoms with E-state index in [1.165, 1.54) is 6.07 Å². The molecule has 4 N–H and O–H groups in total. The van der Waals surface area contributed by atoms with Crippen molar-refractivity contribution in [3.05, 3.63) is 47.1 Å². The van der Waals surface area contributed by atoms with Crippen molar-refractivity contribution in [3.8, 4) is 11.5 Å². The molecule has 0 saturated carbocycles. The molecule has 0 radical (unpaired) electrons. The average molecular weight is 487 g/mol. The number of hydrogen-bond donors (Lipinski definition) is 3. The van der Waals surface area contributed by atoms with Gasteiger partial charge in [-0.15, -0.1) is 0 Å². The van der Waals surface area contributed by atoms with Crippen LogP contribution in [0.3, 0.4) is 0 Å². The van der Waals surface area contributed by atoms with Crippen molar-refractivity contribution in [1.82, 2.24) is 4.90 Å². The first-order chi connectivity index (χ1) is 16.9. The number of phenolic OH excluding ortho intramolecular Hbond substituents is 2. The summed E-state index contributed by atoms with van der Waals surface area (Å²) in [4.78, 5) is 14.2. The van der Waals surface area contributed by atoms with Crippen LogP contribution in [0.5, 0.6) is 11.5 Å². The van der Waals surface area contributed by atoms with E-state index in [0.717, 1.165) is 50.0 Å². The maximum absolute atomic E-state index is 11.7. The van der Waals surface area contributed by atoms with Gasteiger partial charge in [0.2, 0.25) is 0 Å². The molecule has 0 amide bonds. The van der Waals surface area contributed by atoms with Crippen LogP contribution < -0.4 is 5.73 Å². The summed E-state index contributed by atoms with van der Waals surface area (Å²) in [6, 6.07) is 3.30. The van der Waals surface area contributed by atoms with Gasteiger partial charge in [-0.1, -0.05) is 18.2 Å². The van der Waals surface area contributed by atoms with Crippen LogP contribution >= 0.6 is 0 Å². The fraction of sp³-hybridized carbons (Fsp3) is 0.593. The van der Waals surface area contributed by atoms with Crippen molar-refractivity contribution < 1.29 is 29.2 Å². The summed E-state index contributed by atoms with van der Waals surface area (Å²) in [5.74, 6) is -0.578. The van der Waals surface area contributed by atoms with E-state index < -0.39 is 5.79 Å². The molecular weight excluding hydrogens is 448 g/mol. The Balaban J connectivity index is 1.24. The van der Waals surface area contributed by atoms with Gasteiger partial charge in [-0.05, 0) is 62.9 Å². The van der Waals surface area contributed by atoms with Crippen LogP contribution in [-0.2, 0) is 25.4 Å². The fourth-order valence-electron chi connectivity index (χ4n) is 5.47. The number of hydrogen-bond acceptors (Lipinski definition) is 8. The van der Waals surface area contributed by atoms with E-state index in [9.17, 15) is 15.0 Å². The number of phenols is 2. The van der Waals surface area contributed by atoms with Gasteiger partial charge in [0.25, 0.3) is 0 Å². The monoisotopic (exact) mass is 486 g/mol. The van der Waals surface area contributed by atoms with E-state index in [1.807, 2.05) is 18.2 Å². The lowest BCUT2D eigenvalue weighted by atomic mass is 9.83. The number of ketones is 1. The number of ether oxygens (including phenoxy) is 3. The first-order valence-electron chi connectivity index (χ1n) is 12.6. The molecule has 1 aliphatic carbocycles. The van der Waals surface area contributed by atoms with E-state index in [0.29, 0.717) is 37.5 Å². The summed E-state index contributed by atoms with van der Waals surface area (Å²) < 4.78 is 18.0. The minimum Gasteiger partial charge on any atom is -0.504 e. The molecule has 35 heavy (non-hydrogen) atoms. The lowest BCUT2D eigenvalue weighted by Gasteiger charge is -2.40. The number of allylic oxidation sites excluding steroid dienone is 2. The summed E-state index contributed by atoms with van der Waals surface area (Å²) in [6.07, 6.45) is 9.17.